The topological polar surface area (TPSA) is 78.2 Å². The molecule has 1 amide bonds. The number of methoxy groups -OCH3 is 2. The zero-order valence-electron chi connectivity index (χ0n) is 20.4. The van der Waals surface area contributed by atoms with Crippen LogP contribution >= 0.6 is 0 Å². The van der Waals surface area contributed by atoms with E-state index in [-0.39, 0.29) is 11.2 Å². The fraction of sp³-hybridized carbons (Fsp3) is 0.241. The van der Waals surface area contributed by atoms with E-state index in [4.69, 9.17) is 18.6 Å². The predicted octanol–water partition coefficient (Wildman–Crippen LogP) is 5.74. The van der Waals surface area contributed by atoms with Crippen molar-refractivity contribution >= 4 is 22.6 Å². The highest BCUT2D eigenvalue weighted by molar-refractivity contribution is 6.10. The van der Waals surface area contributed by atoms with Crippen molar-refractivity contribution < 1.29 is 23.4 Å². The van der Waals surface area contributed by atoms with E-state index in [1.165, 1.54) is 0 Å². The number of hydrogen-bond acceptors (Lipinski definition) is 6. The Morgan fingerprint density at radius 2 is 1.75 bits per heavy atom. The van der Waals surface area contributed by atoms with E-state index >= 15 is 0 Å². The van der Waals surface area contributed by atoms with Gasteiger partial charge in [0.05, 0.1) is 37.8 Å². The molecule has 0 bridgehead atoms. The Hall–Kier alpha value is -4.26. The standard InChI is InChI=1S/C29H27NO6/c1-4-5-15-35-23-14-13-18(16-24(23)34-3)26-25-27(31)21-11-6-7-12-22(21)36-28(25)29(32)30(26)19-9-8-10-20(17-19)33-2/h6-14,16-17,26H,4-5,15H2,1-3H3. The predicted molar refractivity (Wildman–Crippen MR) is 138 cm³/mol. The normalized spacial score (nSPS) is 14.7. The minimum Gasteiger partial charge on any atom is -0.497 e. The Morgan fingerprint density at radius 1 is 0.917 bits per heavy atom. The molecule has 5 rings (SSSR count). The van der Waals surface area contributed by atoms with Crippen molar-refractivity contribution in [2.75, 3.05) is 25.7 Å². The van der Waals surface area contributed by atoms with Crippen LogP contribution in [0.2, 0.25) is 0 Å². The van der Waals surface area contributed by atoms with Crippen LogP contribution in [-0.2, 0) is 0 Å². The van der Waals surface area contributed by atoms with Crippen LogP contribution in [0.5, 0.6) is 17.2 Å². The summed E-state index contributed by atoms with van der Waals surface area (Å²) in [5.74, 6) is 1.37. The highest BCUT2D eigenvalue weighted by Gasteiger charge is 2.44. The largest absolute Gasteiger partial charge is 0.497 e. The first-order chi connectivity index (χ1) is 17.6. The van der Waals surface area contributed by atoms with Crippen LogP contribution in [0.25, 0.3) is 11.0 Å². The van der Waals surface area contributed by atoms with Crippen molar-refractivity contribution in [1.29, 1.82) is 0 Å². The lowest BCUT2D eigenvalue weighted by Gasteiger charge is -2.26. The Bertz CT molecular complexity index is 1490. The van der Waals surface area contributed by atoms with Gasteiger partial charge in [0.2, 0.25) is 5.76 Å². The van der Waals surface area contributed by atoms with Crippen LogP contribution in [0.1, 0.15) is 47.5 Å². The van der Waals surface area contributed by atoms with Crippen molar-refractivity contribution in [3.8, 4) is 17.2 Å². The molecule has 0 spiro atoms. The van der Waals surface area contributed by atoms with Crippen LogP contribution in [0.3, 0.4) is 0 Å². The lowest BCUT2D eigenvalue weighted by atomic mass is 9.97. The first-order valence-electron chi connectivity index (χ1n) is 11.9. The van der Waals surface area contributed by atoms with Gasteiger partial charge in [-0.1, -0.05) is 37.6 Å². The maximum Gasteiger partial charge on any atom is 0.295 e. The molecule has 7 nitrogen and oxygen atoms in total. The number of rotatable bonds is 8. The van der Waals surface area contributed by atoms with Crippen LogP contribution in [0, 0.1) is 0 Å². The third-order valence-electron chi connectivity index (χ3n) is 6.37. The van der Waals surface area contributed by atoms with Crippen molar-refractivity contribution in [2.24, 2.45) is 0 Å². The molecule has 0 saturated carbocycles. The lowest BCUT2D eigenvalue weighted by molar-refractivity contribution is 0.0971. The number of unbranched alkanes of at least 4 members (excludes halogenated alkanes) is 1. The summed E-state index contributed by atoms with van der Waals surface area (Å²) in [4.78, 5) is 29.1. The number of anilines is 1. The molecule has 36 heavy (non-hydrogen) atoms. The minimum absolute atomic E-state index is 0.0359. The second-order valence-electron chi connectivity index (χ2n) is 8.56. The van der Waals surface area contributed by atoms with E-state index < -0.39 is 11.9 Å². The average Bonchev–Trinajstić information content (AvgIpc) is 3.21. The molecular formula is C29H27NO6. The zero-order valence-corrected chi connectivity index (χ0v) is 20.4. The summed E-state index contributed by atoms with van der Waals surface area (Å²) in [5.41, 5.74) is 1.72. The maximum atomic E-state index is 13.8. The molecule has 7 heteroatoms. The molecule has 0 N–H and O–H groups in total. The summed E-state index contributed by atoms with van der Waals surface area (Å²) < 4.78 is 22.9. The van der Waals surface area contributed by atoms with E-state index in [1.807, 2.05) is 24.3 Å². The number of carbonyl (C=O) groups excluding carboxylic acids is 1. The number of nitrogens with zero attached hydrogens (tertiary/aromatic N) is 1. The average molecular weight is 486 g/mol. The first-order valence-corrected chi connectivity index (χ1v) is 11.9. The van der Waals surface area contributed by atoms with Crippen molar-refractivity contribution in [2.45, 2.75) is 25.8 Å². The number of benzene rings is 3. The molecule has 0 fully saturated rings. The van der Waals surface area contributed by atoms with Gasteiger partial charge in [-0.15, -0.1) is 0 Å². The Labute approximate surface area is 208 Å². The van der Waals surface area contributed by atoms with Gasteiger partial charge >= 0.3 is 0 Å². The van der Waals surface area contributed by atoms with Crippen molar-refractivity contribution in [3.63, 3.8) is 0 Å². The summed E-state index contributed by atoms with van der Waals surface area (Å²) in [6.45, 7) is 2.67. The molecule has 4 aromatic rings. The molecule has 2 heterocycles. The Balaban J connectivity index is 1.71. The van der Waals surface area contributed by atoms with Crippen LogP contribution < -0.4 is 24.5 Å². The van der Waals surface area contributed by atoms with Crippen molar-refractivity contribution in [3.05, 3.63) is 93.8 Å². The number of hydrogen-bond donors (Lipinski definition) is 0. The van der Waals surface area contributed by atoms with Gasteiger partial charge in [-0.3, -0.25) is 14.5 Å². The number of fused-ring (bicyclic) bond motifs is 2. The van der Waals surface area contributed by atoms with Gasteiger partial charge in [0.15, 0.2) is 16.9 Å². The molecular weight excluding hydrogens is 458 g/mol. The van der Waals surface area contributed by atoms with Gasteiger partial charge in [0.1, 0.15) is 11.3 Å². The lowest BCUT2D eigenvalue weighted by Crippen LogP contribution is -2.29. The molecule has 0 aliphatic carbocycles. The molecule has 1 aliphatic heterocycles. The molecule has 1 unspecified atom stereocenters. The SMILES string of the molecule is CCCCOc1ccc(C2c3c(oc4ccccc4c3=O)C(=O)N2c2cccc(OC)c2)cc1OC. The van der Waals surface area contributed by atoms with E-state index in [9.17, 15) is 9.59 Å². The quantitative estimate of drug-likeness (QED) is 0.296. The minimum atomic E-state index is -0.723. The molecule has 0 saturated heterocycles. The van der Waals surface area contributed by atoms with Gasteiger partial charge in [0, 0.05) is 11.8 Å². The highest BCUT2D eigenvalue weighted by Crippen LogP contribution is 2.43. The number of amides is 1. The zero-order chi connectivity index (χ0) is 25.2. The first kappa shape index (κ1) is 23.5. The van der Waals surface area contributed by atoms with E-state index in [1.54, 1.807) is 61.6 Å². The van der Waals surface area contributed by atoms with Crippen LogP contribution in [0.4, 0.5) is 5.69 Å². The fourth-order valence-corrected chi connectivity index (χ4v) is 4.56. The summed E-state index contributed by atoms with van der Waals surface area (Å²) in [5, 5.41) is 0.424. The fourth-order valence-electron chi connectivity index (χ4n) is 4.56. The monoisotopic (exact) mass is 485 g/mol. The van der Waals surface area contributed by atoms with Gasteiger partial charge in [-0.05, 0) is 48.4 Å². The molecule has 1 aliphatic rings. The molecule has 1 aromatic heterocycles. The van der Waals surface area contributed by atoms with E-state index in [0.717, 1.165) is 12.8 Å². The van der Waals surface area contributed by atoms with Crippen LogP contribution in [-0.4, -0.2) is 26.7 Å². The summed E-state index contributed by atoms with van der Waals surface area (Å²) >= 11 is 0. The summed E-state index contributed by atoms with van der Waals surface area (Å²) in [6, 6.07) is 18.9. The number of carbonyl (C=O) groups is 1. The smallest absolute Gasteiger partial charge is 0.295 e. The number of ether oxygens (including phenoxy) is 3. The van der Waals surface area contributed by atoms with Gasteiger partial charge in [-0.2, -0.15) is 0 Å². The third kappa shape index (κ3) is 3.96. The maximum absolute atomic E-state index is 13.8. The third-order valence-corrected chi connectivity index (χ3v) is 6.37. The Kier molecular flexibility index (Phi) is 6.38. The second kappa shape index (κ2) is 9.77. The van der Waals surface area contributed by atoms with E-state index in [2.05, 4.69) is 6.92 Å². The van der Waals surface area contributed by atoms with Gasteiger partial charge < -0.3 is 18.6 Å². The molecule has 1 atom stereocenters. The summed E-state index contributed by atoms with van der Waals surface area (Å²) in [6.07, 6.45) is 1.94. The molecule has 3 aromatic carbocycles. The Morgan fingerprint density at radius 3 is 2.53 bits per heavy atom. The summed E-state index contributed by atoms with van der Waals surface area (Å²) in [7, 11) is 3.14. The van der Waals surface area contributed by atoms with Crippen LogP contribution in [0.15, 0.2) is 75.9 Å². The molecule has 0 radical (unpaired) electrons. The number of para-hydroxylation sites is 1. The van der Waals surface area contributed by atoms with Gasteiger partial charge in [0.25, 0.3) is 5.91 Å². The van der Waals surface area contributed by atoms with Crippen molar-refractivity contribution in [1.82, 2.24) is 0 Å². The highest BCUT2D eigenvalue weighted by atomic mass is 16.5. The van der Waals surface area contributed by atoms with E-state index in [0.29, 0.717) is 51.6 Å². The van der Waals surface area contributed by atoms with Gasteiger partial charge in [-0.25, -0.2) is 0 Å². The second-order valence-corrected chi connectivity index (χ2v) is 8.56. The molecule has 184 valence electrons.